The number of pyridine rings is 1. The number of carbonyl (C=O) groups is 2. The van der Waals surface area contributed by atoms with E-state index in [2.05, 4.69) is 25.2 Å². The average molecular weight is 341 g/mol. The molecule has 0 spiro atoms. The zero-order chi connectivity index (χ0) is 17.8. The second-order valence-electron chi connectivity index (χ2n) is 5.66. The highest BCUT2D eigenvalue weighted by atomic mass is 16.2. The summed E-state index contributed by atoms with van der Waals surface area (Å²) in [6, 6.07) is 4.75. The maximum absolute atomic E-state index is 12.3. The highest BCUT2D eigenvalue weighted by Crippen LogP contribution is 2.14. The summed E-state index contributed by atoms with van der Waals surface area (Å²) in [6.07, 6.45) is 3.15. The Balaban J connectivity index is 1.55. The highest BCUT2D eigenvalue weighted by molar-refractivity contribution is 5.92. The van der Waals surface area contributed by atoms with Gasteiger partial charge in [-0.15, -0.1) is 0 Å². The molecule has 0 aromatic carbocycles. The molecule has 130 valence electrons. The predicted molar refractivity (Wildman–Crippen MR) is 92.3 cm³/mol. The van der Waals surface area contributed by atoms with Crippen LogP contribution in [0.2, 0.25) is 0 Å². The summed E-state index contributed by atoms with van der Waals surface area (Å²) in [6.45, 7) is 4.42. The van der Waals surface area contributed by atoms with Gasteiger partial charge < -0.3 is 20.9 Å². The van der Waals surface area contributed by atoms with Gasteiger partial charge >= 0.3 is 6.03 Å². The molecule has 0 bridgehead atoms. The number of urea groups is 1. The van der Waals surface area contributed by atoms with Gasteiger partial charge in [0.15, 0.2) is 0 Å². The van der Waals surface area contributed by atoms with Crippen molar-refractivity contribution in [3.05, 3.63) is 42.1 Å². The normalized spacial score (nSPS) is 14.3. The van der Waals surface area contributed by atoms with Crippen LogP contribution in [0.1, 0.15) is 16.3 Å². The maximum Gasteiger partial charge on any atom is 0.322 e. The second-order valence-corrected chi connectivity index (χ2v) is 5.66. The molecule has 3 amide bonds. The van der Waals surface area contributed by atoms with Crippen LogP contribution >= 0.6 is 0 Å². The number of nitrogens with one attached hydrogen (secondary N) is 1. The van der Waals surface area contributed by atoms with Gasteiger partial charge in [-0.3, -0.25) is 4.79 Å². The van der Waals surface area contributed by atoms with Crippen LogP contribution in [-0.2, 0) is 0 Å². The number of carbonyl (C=O) groups excluding carboxylic acids is 2. The summed E-state index contributed by atoms with van der Waals surface area (Å²) in [7, 11) is 0. The van der Waals surface area contributed by atoms with E-state index >= 15 is 0 Å². The monoisotopic (exact) mass is 341 g/mol. The molecule has 0 unspecified atom stereocenters. The van der Waals surface area contributed by atoms with Gasteiger partial charge in [0.05, 0.1) is 11.9 Å². The van der Waals surface area contributed by atoms with Crippen molar-refractivity contribution in [1.29, 1.82) is 0 Å². The SMILES string of the molecule is Cc1nccc(N2CCN(C(=O)Nc3ccc(C(N)=O)nc3)CC2)n1. The number of aryl methyl sites for hydroxylation is 1. The number of amides is 3. The quantitative estimate of drug-likeness (QED) is 0.846. The Hall–Kier alpha value is -3.23. The first kappa shape index (κ1) is 16.6. The second kappa shape index (κ2) is 7.12. The Morgan fingerprint density at radius 1 is 1.12 bits per heavy atom. The van der Waals surface area contributed by atoms with Crippen molar-refractivity contribution >= 4 is 23.4 Å². The van der Waals surface area contributed by atoms with Gasteiger partial charge in [0.1, 0.15) is 17.3 Å². The van der Waals surface area contributed by atoms with Gasteiger partial charge in [-0.05, 0) is 25.1 Å². The number of hydrogen-bond donors (Lipinski definition) is 2. The molecule has 3 heterocycles. The molecule has 0 saturated carbocycles. The third-order valence-electron chi connectivity index (χ3n) is 3.92. The number of aromatic nitrogens is 3. The molecule has 25 heavy (non-hydrogen) atoms. The molecule has 0 atom stereocenters. The lowest BCUT2D eigenvalue weighted by atomic mass is 10.3. The van der Waals surface area contributed by atoms with Crippen molar-refractivity contribution in [3.8, 4) is 0 Å². The van der Waals surface area contributed by atoms with Gasteiger partial charge in [0, 0.05) is 32.4 Å². The number of primary amides is 1. The van der Waals surface area contributed by atoms with E-state index in [-0.39, 0.29) is 11.7 Å². The first-order valence-electron chi connectivity index (χ1n) is 7.89. The Morgan fingerprint density at radius 2 is 1.88 bits per heavy atom. The minimum Gasteiger partial charge on any atom is -0.364 e. The zero-order valence-corrected chi connectivity index (χ0v) is 13.8. The van der Waals surface area contributed by atoms with E-state index in [1.54, 1.807) is 17.2 Å². The Kier molecular flexibility index (Phi) is 4.73. The van der Waals surface area contributed by atoms with Crippen LogP contribution in [0.5, 0.6) is 0 Å². The molecule has 1 aliphatic heterocycles. The Labute approximate surface area is 144 Å². The molecular weight excluding hydrogens is 322 g/mol. The molecule has 9 nitrogen and oxygen atoms in total. The largest absolute Gasteiger partial charge is 0.364 e. The molecule has 2 aromatic heterocycles. The smallest absolute Gasteiger partial charge is 0.322 e. The van der Waals surface area contributed by atoms with Crippen molar-refractivity contribution in [2.24, 2.45) is 5.73 Å². The summed E-state index contributed by atoms with van der Waals surface area (Å²) in [5.41, 5.74) is 5.82. The topological polar surface area (TPSA) is 117 Å². The summed E-state index contributed by atoms with van der Waals surface area (Å²) in [5, 5.41) is 2.77. The van der Waals surface area contributed by atoms with Crippen molar-refractivity contribution in [1.82, 2.24) is 19.9 Å². The van der Waals surface area contributed by atoms with Crippen LogP contribution in [-0.4, -0.2) is 58.0 Å². The van der Waals surface area contributed by atoms with E-state index in [1.165, 1.54) is 12.3 Å². The summed E-state index contributed by atoms with van der Waals surface area (Å²) >= 11 is 0. The molecule has 2 aromatic rings. The number of hydrogen-bond acceptors (Lipinski definition) is 6. The first-order chi connectivity index (χ1) is 12.0. The van der Waals surface area contributed by atoms with Gasteiger partial charge in [0.25, 0.3) is 5.91 Å². The van der Waals surface area contributed by atoms with Gasteiger partial charge in [-0.2, -0.15) is 0 Å². The summed E-state index contributed by atoms with van der Waals surface area (Å²) in [4.78, 5) is 39.6. The van der Waals surface area contributed by atoms with Crippen LogP contribution in [0, 0.1) is 6.92 Å². The fraction of sp³-hybridized carbons (Fsp3) is 0.312. The fourth-order valence-electron chi connectivity index (χ4n) is 2.57. The van der Waals surface area contributed by atoms with Crippen molar-refractivity contribution in [2.45, 2.75) is 6.92 Å². The fourth-order valence-corrected chi connectivity index (χ4v) is 2.57. The van der Waals surface area contributed by atoms with E-state index in [0.29, 0.717) is 31.9 Å². The Bertz CT molecular complexity index is 770. The molecule has 0 radical (unpaired) electrons. The molecular formula is C16H19N7O2. The summed E-state index contributed by atoms with van der Waals surface area (Å²) < 4.78 is 0. The lowest BCUT2D eigenvalue weighted by Crippen LogP contribution is -2.50. The van der Waals surface area contributed by atoms with E-state index in [1.807, 2.05) is 13.0 Å². The number of nitrogens with two attached hydrogens (primary N) is 1. The number of nitrogens with zero attached hydrogens (tertiary/aromatic N) is 5. The van der Waals surface area contributed by atoms with Crippen molar-refractivity contribution in [2.75, 3.05) is 36.4 Å². The van der Waals surface area contributed by atoms with Crippen molar-refractivity contribution in [3.63, 3.8) is 0 Å². The number of rotatable bonds is 3. The molecule has 1 aliphatic rings. The average Bonchev–Trinajstić information content (AvgIpc) is 2.62. The lowest BCUT2D eigenvalue weighted by Gasteiger charge is -2.35. The summed E-state index contributed by atoms with van der Waals surface area (Å²) in [5.74, 6) is 0.998. The zero-order valence-electron chi connectivity index (χ0n) is 13.8. The Morgan fingerprint density at radius 3 is 2.48 bits per heavy atom. The predicted octanol–water partition coefficient (Wildman–Crippen LogP) is 0.633. The van der Waals surface area contributed by atoms with E-state index in [9.17, 15) is 9.59 Å². The van der Waals surface area contributed by atoms with Gasteiger partial charge in [-0.1, -0.05) is 0 Å². The molecule has 0 aliphatic carbocycles. The highest BCUT2D eigenvalue weighted by Gasteiger charge is 2.22. The number of anilines is 2. The molecule has 1 fully saturated rings. The first-order valence-corrected chi connectivity index (χ1v) is 7.89. The van der Waals surface area contributed by atoms with Crippen LogP contribution in [0.15, 0.2) is 30.6 Å². The van der Waals surface area contributed by atoms with Gasteiger partial charge in [0.2, 0.25) is 0 Å². The molecule has 3 N–H and O–H groups in total. The van der Waals surface area contributed by atoms with Crippen LogP contribution in [0.4, 0.5) is 16.3 Å². The van der Waals surface area contributed by atoms with E-state index < -0.39 is 5.91 Å². The molecule has 9 heteroatoms. The lowest BCUT2D eigenvalue weighted by molar-refractivity contribution is 0.0995. The third kappa shape index (κ3) is 4.00. The van der Waals surface area contributed by atoms with E-state index in [4.69, 9.17) is 5.73 Å². The molecule has 3 rings (SSSR count). The number of piperazine rings is 1. The van der Waals surface area contributed by atoms with Crippen molar-refractivity contribution < 1.29 is 9.59 Å². The maximum atomic E-state index is 12.3. The van der Waals surface area contributed by atoms with Gasteiger partial charge in [-0.25, -0.2) is 19.7 Å². The standard InChI is InChI=1S/C16H19N7O2/c1-11-18-5-4-14(20-11)22-6-8-23(9-7-22)16(25)21-12-2-3-13(15(17)24)19-10-12/h2-5,10H,6-9H2,1H3,(H2,17,24)(H,21,25). The minimum atomic E-state index is -0.603. The van der Waals surface area contributed by atoms with Crippen LogP contribution in [0.3, 0.4) is 0 Å². The van der Waals surface area contributed by atoms with Crippen LogP contribution in [0.25, 0.3) is 0 Å². The van der Waals surface area contributed by atoms with Crippen LogP contribution < -0.4 is 16.0 Å². The minimum absolute atomic E-state index is 0.159. The molecule has 1 saturated heterocycles. The van der Waals surface area contributed by atoms with E-state index in [0.717, 1.165) is 11.6 Å². The third-order valence-corrected chi connectivity index (χ3v) is 3.92.